The van der Waals surface area contributed by atoms with Gasteiger partial charge in [0, 0.05) is 12.8 Å². The van der Waals surface area contributed by atoms with Gasteiger partial charge >= 0.3 is 0 Å². The first-order valence-corrected chi connectivity index (χ1v) is 11.4. The second-order valence-electron chi connectivity index (χ2n) is 7.72. The van der Waals surface area contributed by atoms with Gasteiger partial charge in [-0.15, -0.1) is 0 Å². The maximum absolute atomic E-state index is 12.2. The van der Waals surface area contributed by atoms with Crippen molar-refractivity contribution in [3.05, 3.63) is 12.2 Å². The number of unbranched alkanes of at least 4 members (excludes halogenated alkanes) is 11. The lowest BCUT2D eigenvalue weighted by molar-refractivity contribution is -0.127. The van der Waals surface area contributed by atoms with E-state index in [1.54, 1.807) is 4.90 Å². The SMILES string of the molecule is CCCCCCCCC=CCCCCCCCC(=O)N1CC(O)N=C1CC. The Morgan fingerprint density at radius 2 is 1.52 bits per heavy atom. The van der Waals surface area contributed by atoms with Gasteiger partial charge < -0.3 is 5.11 Å². The van der Waals surface area contributed by atoms with E-state index in [1.807, 2.05) is 6.92 Å². The topological polar surface area (TPSA) is 52.9 Å². The molecule has 0 fully saturated rings. The molecule has 0 aromatic heterocycles. The molecule has 156 valence electrons. The van der Waals surface area contributed by atoms with Crippen LogP contribution in [0, 0.1) is 0 Å². The third-order valence-corrected chi connectivity index (χ3v) is 5.23. The number of amidine groups is 1. The van der Waals surface area contributed by atoms with E-state index in [-0.39, 0.29) is 5.91 Å². The molecule has 1 atom stereocenters. The van der Waals surface area contributed by atoms with Crippen LogP contribution in [0.15, 0.2) is 17.1 Å². The Hall–Kier alpha value is -1.16. The van der Waals surface area contributed by atoms with E-state index in [0.717, 1.165) is 18.7 Å². The first-order valence-electron chi connectivity index (χ1n) is 11.4. The van der Waals surface area contributed by atoms with Gasteiger partial charge in [0.25, 0.3) is 0 Å². The lowest BCUT2D eigenvalue weighted by Crippen LogP contribution is -2.35. The van der Waals surface area contributed by atoms with E-state index in [9.17, 15) is 9.90 Å². The van der Waals surface area contributed by atoms with Gasteiger partial charge in [-0.1, -0.05) is 77.4 Å². The first-order chi connectivity index (χ1) is 13.2. The molecule has 0 spiro atoms. The van der Waals surface area contributed by atoms with Crippen LogP contribution in [0.4, 0.5) is 0 Å². The van der Waals surface area contributed by atoms with E-state index in [4.69, 9.17) is 0 Å². The van der Waals surface area contributed by atoms with Crippen molar-refractivity contribution in [3.8, 4) is 0 Å². The Balaban J connectivity index is 1.90. The van der Waals surface area contributed by atoms with Crippen molar-refractivity contribution in [3.63, 3.8) is 0 Å². The highest BCUT2D eigenvalue weighted by atomic mass is 16.3. The number of nitrogens with zero attached hydrogens (tertiary/aromatic N) is 2. The summed E-state index contributed by atoms with van der Waals surface area (Å²) in [6.45, 7) is 4.58. The Kier molecular flexibility index (Phi) is 14.0. The number of aliphatic imine (C=N–C) groups is 1. The second-order valence-corrected chi connectivity index (χ2v) is 7.72. The highest BCUT2D eigenvalue weighted by molar-refractivity contribution is 5.99. The minimum atomic E-state index is -0.724. The third kappa shape index (κ3) is 11.3. The molecule has 0 saturated carbocycles. The predicted molar refractivity (Wildman–Crippen MR) is 115 cm³/mol. The number of hydrogen-bond acceptors (Lipinski definition) is 3. The molecule has 1 aliphatic heterocycles. The molecule has 1 heterocycles. The molecule has 1 unspecified atom stereocenters. The first kappa shape index (κ1) is 23.9. The molecule has 4 heteroatoms. The van der Waals surface area contributed by atoms with E-state index >= 15 is 0 Å². The van der Waals surface area contributed by atoms with Crippen molar-refractivity contribution in [2.75, 3.05) is 6.54 Å². The van der Waals surface area contributed by atoms with Gasteiger partial charge in [0.15, 0.2) is 6.23 Å². The fourth-order valence-corrected chi connectivity index (χ4v) is 3.56. The average molecular weight is 379 g/mol. The van der Waals surface area contributed by atoms with Gasteiger partial charge in [-0.2, -0.15) is 0 Å². The van der Waals surface area contributed by atoms with Crippen LogP contribution < -0.4 is 0 Å². The predicted octanol–water partition coefficient (Wildman–Crippen LogP) is 5.99. The largest absolute Gasteiger partial charge is 0.370 e. The molecule has 1 aliphatic rings. The lowest BCUT2D eigenvalue weighted by Gasteiger charge is -2.17. The highest BCUT2D eigenvalue weighted by Crippen LogP contribution is 2.14. The van der Waals surface area contributed by atoms with Crippen LogP contribution in [0.3, 0.4) is 0 Å². The monoisotopic (exact) mass is 378 g/mol. The van der Waals surface area contributed by atoms with Gasteiger partial charge in [-0.3, -0.25) is 9.69 Å². The van der Waals surface area contributed by atoms with Crippen LogP contribution >= 0.6 is 0 Å². The molecule has 1 amide bonds. The minimum Gasteiger partial charge on any atom is -0.370 e. The fraction of sp³-hybridized carbons (Fsp3) is 0.826. The third-order valence-electron chi connectivity index (χ3n) is 5.23. The summed E-state index contributed by atoms with van der Waals surface area (Å²) in [4.78, 5) is 18.0. The van der Waals surface area contributed by atoms with E-state index < -0.39 is 6.23 Å². The van der Waals surface area contributed by atoms with Gasteiger partial charge in [0.1, 0.15) is 5.84 Å². The summed E-state index contributed by atoms with van der Waals surface area (Å²) in [7, 11) is 0. The number of aliphatic hydroxyl groups excluding tert-OH is 1. The van der Waals surface area contributed by atoms with Crippen molar-refractivity contribution in [2.24, 2.45) is 4.99 Å². The normalized spacial score (nSPS) is 17.1. The van der Waals surface area contributed by atoms with Crippen molar-refractivity contribution in [1.29, 1.82) is 0 Å². The molecule has 0 bridgehead atoms. The van der Waals surface area contributed by atoms with Gasteiger partial charge in [0.2, 0.25) is 5.91 Å². The lowest BCUT2D eigenvalue weighted by atomic mass is 10.1. The molecular weight excluding hydrogens is 336 g/mol. The van der Waals surface area contributed by atoms with Crippen LogP contribution in [0.5, 0.6) is 0 Å². The second kappa shape index (κ2) is 15.9. The number of aliphatic hydroxyl groups is 1. The van der Waals surface area contributed by atoms with Crippen molar-refractivity contribution >= 4 is 11.7 Å². The van der Waals surface area contributed by atoms with E-state index in [0.29, 0.717) is 19.4 Å². The molecule has 0 aromatic carbocycles. The molecule has 0 aliphatic carbocycles. The average Bonchev–Trinajstić information content (AvgIpc) is 3.05. The van der Waals surface area contributed by atoms with Gasteiger partial charge in [-0.25, -0.2) is 4.99 Å². The van der Waals surface area contributed by atoms with Crippen molar-refractivity contribution < 1.29 is 9.90 Å². The molecule has 1 rings (SSSR count). The van der Waals surface area contributed by atoms with Crippen molar-refractivity contribution in [1.82, 2.24) is 4.90 Å². The summed E-state index contributed by atoms with van der Waals surface area (Å²) in [6, 6.07) is 0. The molecule has 27 heavy (non-hydrogen) atoms. The number of allylic oxidation sites excluding steroid dienone is 2. The van der Waals surface area contributed by atoms with Gasteiger partial charge in [0.05, 0.1) is 6.54 Å². The summed E-state index contributed by atoms with van der Waals surface area (Å²) in [5.41, 5.74) is 0. The summed E-state index contributed by atoms with van der Waals surface area (Å²) < 4.78 is 0. The van der Waals surface area contributed by atoms with Crippen LogP contribution in [-0.2, 0) is 4.79 Å². The van der Waals surface area contributed by atoms with E-state index in [1.165, 1.54) is 70.6 Å². The van der Waals surface area contributed by atoms with Crippen molar-refractivity contribution in [2.45, 2.75) is 116 Å². The van der Waals surface area contributed by atoms with Crippen LogP contribution in [-0.4, -0.2) is 34.5 Å². The van der Waals surface area contributed by atoms with Crippen LogP contribution in [0.2, 0.25) is 0 Å². The van der Waals surface area contributed by atoms with Crippen LogP contribution in [0.25, 0.3) is 0 Å². The highest BCUT2D eigenvalue weighted by Gasteiger charge is 2.26. The maximum atomic E-state index is 12.2. The number of hydrogen-bond donors (Lipinski definition) is 1. The Labute approximate surface area is 167 Å². The smallest absolute Gasteiger partial charge is 0.228 e. The van der Waals surface area contributed by atoms with Gasteiger partial charge in [-0.05, 0) is 32.1 Å². The maximum Gasteiger partial charge on any atom is 0.228 e. The number of amides is 1. The summed E-state index contributed by atoms with van der Waals surface area (Å²) in [5.74, 6) is 0.852. The number of carbonyl (C=O) groups excluding carboxylic acids is 1. The molecule has 0 saturated heterocycles. The van der Waals surface area contributed by atoms with Crippen LogP contribution in [0.1, 0.15) is 110 Å². The summed E-state index contributed by atoms with van der Waals surface area (Å²) in [6.07, 6.45) is 21.7. The quantitative estimate of drug-likeness (QED) is 0.265. The summed E-state index contributed by atoms with van der Waals surface area (Å²) >= 11 is 0. The fourth-order valence-electron chi connectivity index (χ4n) is 3.56. The zero-order chi connectivity index (χ0) is 19.7. The Bertz CT molecular complexity index is 446. The Morgan fingerprint density at radius 3 is 2.11 bits per heavy atom. The Morgan fingerprint density at radius 1 is 0.963 bits per heavy atom. The summed E-state index contributed by atoms with van der Waals surface area (Å²) in [5, 5.41) is 9.57. The molecular formula is C23H42N2O2. The number of carbonyl (C=O) groups is 1. The molecule has 4 nitrogen and oxygen atoms in total. The zero-order valence-electron chi connectivity index (χ0n) is 17.8. The molecule has 1 N–H and O–H groups in total. The minimum absolute atomic E-state index is 0.116. The standard InChI is InChI=1S/C23H42N2O2/c1-3-5-6-7-8-9-10-11-12-13-14-15-16-17-18-19-23(27)25-20-22(26)24-21(25)4-2/h11-12,22,26H,3-10,13-20H2,1-2H3. The zero-order valence-corrected chi connectivity index (χ0v) is 17.8. The number of rotatable bonds is 16. The number of β-amino-alcohol motifs (C(OH)–C–C–N with tert-alkyl or cyclic N) is 1. The molecule has 0 aromatic rings. The molecule has 0 radical (unpaired) electrons. The van der Waals surface area contributed by atoms with E-state index in [2.05, 4.69) is 24.1 Å².